The fraction of sp³-hybridized carbons (Fsp3) is 0.533. The molecule has 0 spiro atoms. The molecule has 0 aliphatic carbocycles. The summed E-state index contributed by atoms with van der Waals surface area (Å²) in [6.45, 7) is 6.31. The number of hydrogen-bond donors (Lipinski definition) is 1. The van der Waals surface area contributed by atoms with Gasteiger partial charge < -0.3 is 14.2 Å². The molecular formula is C15H23NO4. The Morgan fingerprint density at radius 2 is 1.80 bits per heavy atom. The third-order valence-electron chi connectivity index (χ3n) is 2.58. The number of nitrogens with one attached hydrogen (secondary N) is 1. The van der Waals surface area contributed by atoms with Crippen molar-refractivity contribution in [2.24, 2.45) is 0 Å². The first-order valence-corrected chi connectivity index (χ1v) is 6.76. The van der Waals surface area contributed by atoms with E-state index in [1.54, 1.807) is 26.2 Å². The maximum atomic E-state index is 11.8. The summed E-state index contributed by atoms with van der Waals surface area (Å²) in [6, 6.07) is 6.92. The molecule has 5 heteroatoms. The molecule has 0 aliphatic rings. The third kappa shape index (κ3) is 5.48. The molecule has 0 aromatic heterocycles. The lowest BCUT2D eigenvalue weighted by Crippen LogP contribution is -2.45. The van der Waals surface area contributed by atoms with Gasteiger partial charge in [0.15, 0.2) is 0 Å². The summed E-state index contributed by atoms with van der Waals surface area (Å²) in [5.74, 6) is 1.15. The van der Waals surface area contributed by atoms with Crippen molar-refractivity contribution in [3.8, 4) is 11.5 Å². The molecule has 1 N–H and O–H groups in total. The topological polar surface area (TPSA) is 56.8 Å². The molecule has 5 nitrogen and oxygen atoms in total. The Morgan fingerprint density at radius 1 is 1.20 bits per heavy atom. The fourth-order valence-corrected chi connectivity index (χ4v) is 1.68. The standard InChI is InChI=1S/C15H23NO4/c1-5-19-15(17)14(16-11(2)3)10-20-13-8-6-12(18-4)7-9-13/h6-9,11,14,16H,5,10H2,1-4H3. The fourth-order valence-electron chi connectivity index (χ4n) is 1.68. The zero-order valence-electron chi connectivity index (χ0n) is 12.5. The van der Waals surface area contributed by atoms with E-state index in [4.69, 9.17) is 14.2 Å². The first-order chi connectivity index (χ1) is 9.56. The first kappa shape index (κ1) is 16.3. The van der Waals surface area contributed by atoms with E-state index in [0.29, 0.717) is 12.4 Å². The van der Waals surface area contributed by atoms with Crippen LogP contribution in [0.4, 0.5) is 0 Å². The van der Waals surface area contributed by atoms with E-state index < -0.39 is 6.04 Å². The van der Waals surface area contributed by atoms with Gasteiger partial charge in [0.1, 0.15) is 24.1 Å². The lowest BCUT2D eigenvalue weighted by molar-refractivity contribution is -0.146. The second kappa shape index (κ2) is 8.43. The van der Waals surface area contributed by atoms with Gasteiger partial charge in [-0.2, -0.15) is 0 Å². The molecule has 1 atom stereocenters. The molecule has 1 rings (SSSR count). The highest BCUT2D eigenvalue weighted by atomic mass is 16.5. The Kier molecular flexibility index (Phi) is 6.87. The third-order valence-corrected chi connectivity index (χ3v) is 2.58. The van der Waals surface area contributed by atoms with Gasteiger partial charge in [-0.1, -0.05) is 13.8 Å². The highest BCUT2D eigenvalue weighted by molar-refractivity contribution is 5.76. The maximum Gasteiger partial charge on any atom is 0.326 e. The Bertz CT molecular complexity index is 403. The average molecular weight is 281 g/mol. The summed E-state index contributed by atoms with van der Waals surface area (Å²) >= 11 is 0. The van der Waals surface area contributed by atoms with Gasteiger partial charge in [0, 0.05) is 6.04 Å². The lowest BCUT2D eigenvalue weighted by Gasteiger charge is -2.20. The predicted molar refractivity (Wildman–Crippen MR) is 77.2 cm³/mol. The van der Waals surface area contributed by atoms with Crippen LogP contribution < -0.4 is 14.8 Å². The number of carbonyl (C=O) groups excluding carboxylic acids is 1. The van der Waals surface area contributed by atoms with Crippen molar-refractivity contribution in [3.63, 3.8) is 0 Å². The van der Waals surface area contributed by atoms with Crippen molar-refractivity contribution in [1.29, 1.82) is 0 Å². The highest BCUT2D eigenvalue weighted by Crippen LogP contribution is 2.17. The van der Waals surface area contributed by atoms with Gasteiger partial charge in [-0.05, 0) is 31.2 Å². The van der Waals surface area contributed by atoms with E-state index in [-0.39, 0.29) is 18.6 Å². The second-order valence-electron chi connectivity index (χ2n) is 4.61. The van der Waals surface area contributed by atoms with Crippen molar-refractivity contribution >= 4 is 5.97 Å². The minimum Gasteiger partial charge on any atom is -0.497 e. The number of esters is 1. The van der Waals surface area contributed by atoms with Crippen LogP contribution in [0.2, 0.25) is 0 Å². The number of carbonyl (C=O) groups is 1. The summed E-state index contributed by atoms with van der Waals surface area (Å²) in [7, 11) is 1.61. The zero-order chi connectivity index (χ0) is 15.0. The van der Waals surface area contributed by atoms with E-state index in [0.717, 1.165) is 5.75 Å². The molecule has 1 aromatic rings. The largest absolute Gasteiger partial charge is 0.497 e. The summed E-state index contributed by atoms with van der Waals surface area (Å²) in [5, 5.41) is 3.13. The molecule has 0 bridgehead atoms. The number of hydrogen-bond acceptors (Lipinski definition) is 5. The molecule has 0 fully saturated rings. The Morgan fingerprint density at radius 3 is 2.30 bits per heavy atom. The lowest BCUT2D eigenvalue weighted by atomic mass is 10.2. The van der Waals surface area contributed by atoms with E-state index >= 15 is 0 Å². The number of methoxy groups -OCH3 is 1. The van der Waals surface area contributed by atoms with Crippen LogP contribution in [0.25, 0.3) is 0 Å². The highest BCUT2D eigenvalue weighted by Gasteiger charge is 2.21. The molecule has 1 aromatic carbocycles. The van der Waals surface area contributed by atoms with Crippen LogP contribution in [0, 0.1) is 0 Å². The minimum absolute atomic E-state index is 0.170. The molecule has 0 saturated carbocycles. The van der Waals surface area contributed by atoms with Crippen LogP contribution in [0.15, 0.2) is 24.3 Å². The summed E-state index contributed by atoms with van der Waals surface area (Å²) < 4.78 is 15.7. The quantitative estimate of drug-likeness (QED) is 0.739. The van der Waals surface area contributed by atoms with Gasteiger partial charge in [0.2, 0.25) is 0 Å². The SMILES string of the molecule is CCOC(=O)C(COc1ccc(OC)cc1)NC(C)C. The molecule has 0 radical (unpaired) electrons. The van der Waals surface area contributed by atoms with Crippen molar-refractivity contribution in [2.45, 2.75) is 32.9 Å². The van der Waals surface area contributed by atoms with Crippen molar-refractivity contribution in [3.05, 3.63) is 24.3 Å². The molecule has 112 valence electrons. The van der Waals surface area contributed by atoms with Gasteiger partial charge in [0.05, 0.1) is 13.7 Å². The maximum absolute atomic E-state index is 11.8. The van der Waals surface area contributed by atoms with Gasteiger partial charge in [-0.15, -0.1) is 0 Å². The summed E-state index contributed by atoms with van der Waals surface area (Å²) in [5.41, 5.74) is 0. The van der Waals surface area contributed by atoms with Crippen LogP contribution in [0.1, 0.15) is 20.8 Å². The zero-order valence-corrected chi connectivity index (χ0v) is 12.5. The van der Waals surface area contributed by atoms with Crippen LogP contribution in [-0.2, 0) is 9.53 Å². The van der Waals surface area contributed by atoms with E-state index in [2.05, 4.69) is 5.32 Å². The first-order valence-electron chi connectivity index (χ1n) is 6.76. The molecule has 20 heavy (non-hydrogen) atoms. The van der Waals surface area contributed by atoms with Crippen LogP contribution >= 0.6 is 0 Å². The van der Waals surface area contributed by atoms with Gasteiger partial charge in [-0.3, -0.25) is 10.1 Å². The van der Waals surface area contributed by atoms with Crippen LogP contribution in [-0.4, -0.2) is 38.4 Å². The second-order valence-corrected chi connectivity index (χ2v) is 4.61. The minimum atomic E-state index is -0.475. The van der Waals surface area contributed by atoms with Gasteiger partial charge in [0.25, 0.3) is 0 Å². The number of rotatable bonds is 8. The van der Waals surface area contributed by atoms with Crippen LogP contribution in [0.3, 0.4) is 0 Å². The Labute approximate surface area is 120 Å². The Balaban J connectivity index is 2.57. The molecule has 0 amide bonds. The van der Waals surface area contributed by atoms with E-state index in [9.17, 15) is 4.79 Å². The molecule has 1 unspecified atom stereocenters. The van der Waals surface area contributed by atoms with Crippen molar-refractivity contribution < 1.29 is 19.0 Å². The predicted octanol–water partition coefficient (Wildman–Crippen LogP) is 2.00. The number of benzene rings is 1. The van der Waals surface area contributed by atoms with Crippen molar-refractivity contribution in [2.75, 3.05) is 20.3 Å². The normalized spacial score (nSPS) is 12.1. The molecule has 0 heterocycles. The molecular weight excluding hydrogens is 258 g/mol. The molecule has 0 aliphatic heterocycles. The molecule has 0 saturated heterocycles. The average Bonchev–Trinajstić information content (AvgIpc) is 2.43. The summed E-state index contributed by atoms with van der Waals surface area (Å²) in [6.07, 6.45) is 0. The van der Waals surface area contributed by atoms with Crippen LogP contribution in [0.5, 0.6) is 11.5 Å². The monoisotopic (exact) mass is 281 g/mol. The van der Waals surface area contributed by atoms with Crippen molar-refractivity contribution in [1.82, 2.24) is 5.32 Å². The van der Waals surface area contributed by atoms with Gasteiger partial charge >= 0.3 is 5.97 Å². The number of ether oxygens (including phenoxy) is 3. The van der Waals surface area contributed by atoms with E-state index in [1.165, 1.54) is 0 Å². The van der Waals surface area contributed by atoms with Gasteiger partial charge in [-0.25, -0.2) is 0 Å². The van der Waals surface area contributed by atoms with E-state index in [1.807, 2.05) is 26.0 Å². The smallest absolute Gasteiger partial charge is 0.326 e. The Hall–Kier alpha value is -1.75. The summed E-state index contributed by atoms with van der Waals surface area (Å²) in [4.78, 5) is 11.8.